The molecular weight excluding hydrogens is 401 g/mol. The number of hydrogen-bond donors (Lipinski definition) is 2. The Kier molecular flexibility index (Phi) is 6.14. The zero-order chi connectivity index (χ0) is 21.7. The van der Waals surface area contributed by atoms with Gasteiger partial charge in [-0.3, -0.25) is 14.6 Å². The van der Waals surface area contributed by atoms with Crippen molar-refractivity contribution in [1.29, 1.82) is 0 Å². The summed E-state index contributed by atoms with van der Waals surface area (Å²) < 4.78 is 41.5. The second-order valence-electron chi connectivity index (χ2n) is 6.38. The molecule has 0 fully saturated rings. The molecule has 2 N–H and O–H groups in total. The highest BCUT2D eigenvalue weighted by atomic mass is 19.4. The Balaban J connectivity index is 1.70. The number of amides is 1. The molecule has 30 heavy (non-hydrogen) atoms. The number of aryl methyl sites for hydroxylation is 1. The van der Waals surface area contributed by atoms with Crippen molar-refractivity contribution in [3.05, 3.63) is 70.4 Å². The molecule has 10 heteroatoms. The minimum atomic E-state index is -4.47. The molecule has 3 aromatic rings. The lowest BCUT2D eigenvalue weighted by Crippen LogP contribution is -2.24. The van der Waals surface area contributed by atoms with Gasteiger partial charge >= 0.3 is 6.18 Å². The summed E-state index contributed by atoms with van der Waals surface area (Å²) in [5, 5.41) is 2.54. The Bertz CT molecular complexity index is 1100. The monoisotopic (exact) mass is 418 g/mol. The summed E-state index contributed by atoms with van der Waals surface area (Å²) in [4.78, 5) is 35.7. The predicted octanol–water partition coefficient (Wildman–Crippen LogP) is 3.26. The van der Waals surface area contributed by atoms with Gasteiger partial charge in [0.1, 0.15) is 11.6 Å². The molecule has 0 aliphatic heterocycles. The van der Waals surface area contributed by atoms with E-state index in [2.05, 4.69) is 25.0 Å². The van der Waals surface area contributed by atoms with E-state index in [0.29, 0.717) is 17.1 Å². The molecule has 156 valence electrons. The van der Waals surface area contributed by atoms with Crippen molar-refractivity contribution in [1.82, 2.24) is 15.0 Å². The standard InChI is InChI=1S/C20H17F3N4O3/c1-12-16(19(29)27-18(25-12)13-4-3-7-24-10-13)9-17(28)26-14-5-2-6-15(8-14)30-11-20(21,22)23/h2-8,10H,9,11H2,1H3,(H,26,28)(H,25,27,29). The van der Waals surface area contributed by atoms with E-state index in [1.807, 2.05) is 0 Å². The predicted molar refractivity (Wildman–Crippen MR) is 103 cm³/mol. The molecule has 7 nitrogen and oxygen atoms in total. The number of benzene rings is 1. The summed E-state index contributed by atoms with van der Waals surface area (Å²) in [6.45, 7) is 0.178. The van der Waals surface area contributed by atoms with Gasteiger partial charge in [0.05, 0.1) is 6.42 Å². The van der Waals surface area contributed by atoms with E-state index in [-0.39, 0.29) is 23.4 Å². The van der Waals surface area contributed by atoms with Crippen LogP contribution < -0.4 is 15.6 Å². The third kappa shape index (κ3) is 5.66. The Hall–Kier alpha value is -3.69. The first-order valence-electron chi connectivity index (χ1n) is 8.81. The number of ether oxygens (including phenoxy) is 1. The first-order valence-corrected chi connectivity index (χ1v) is 8.81. The van der Waals surface area contributed by atoms with Crippen LogP contribution >= 0.6 is 0 Å². The number of carbonyl (C=O) groups is 1. The number of halogens is 3. The quantitative estimate of drug-likeness (QED) is 0.641. The average Bonchev–Trinajstić information content (AvgIpc) is 2.69. The van der Waals surface area contributed by atoms with Crippen LogP contribution in [-0.2, 0) is 11.2 Å². The number of hydrogen-bond acceptors (Lipinski definition) is 5. The van der Waals surface area contributed by atoms with E-state index in [9.17, 15) is 22.8 Å². The molecule has 0 bridgehead atoms. The summed E-state index contributed by atoms with van der Waals surface area (Å²) in [7, 11) is 0. The molecule has 0 aliphatic rings. The summed E-state index contributed by atoms with van der Waals surface area (Å²) in [6, 6.07) is 9.01. The number of pyridine rings is 1. The van der Waals surface area contributed by atoms with Gasteiger partial charge in [-0.15, -0.1) is 0 Å². The van der Waals surface area contributed by atoms with Crippen LogP contribution in [0.2, 0.25) is 0 Å². The summed E-state index contributed by atoms with van der Waals surface area (Å²) in [6.07, 6.45) is -1.57. The van der Waals surface area contributed by atoms with Crippen LogP contribution in [0, 0.1) is 6.92 Å². The van der Waals surface area contributed by atoms with Gasteiger partial charge < -0.3 is 15.0 Å². The second kappa shape index (κ2) is 8.76. The van der Waals surface area contributed by atoms with Gasteiger partial charge in [-0.2, -0.15) is 13.2 Å². The number of aromatic nitrogens is 3. The lowest BCUT2D eigenvalue weighted by Gasteiger charge is -2.11. The van der Waals surface area contributed by atoms with E-state index in [4.69, 9.17) is 0 Å². The highest BCUT2D eigenvalue weighted by Gasteiger charge is 2.28. The van der Waals surface area contributed by atoms with Gasteiger partial charge in [0, 0.05) is 41.0 Å². The van der Waals surface area contributed by atoms with Gasteiger partial charge in [0.15, 0.2) is 6.61 Å². The molecular formula is C20H17F3N4O3. The molecule has 0 saturated carbocycles. The number of aromatic amines is 1. The van der Waals surface area contributed by atoms with Crippen LogP contribution in [0.5, 0.6) is 5.75 Å². The number of rotatable bonds is 6. The highest BCUT2D eigenvalue weighted by molar-refractivity contribution is 5.92. The van der Waals surface area contributed by atoms with Crippen molar-refractivity contribution in [2.75, 3.05) is 11.9 Å². The van der Waals surface area contributed by atoms with Gasteiger partial charge in [-0.05, 0) is 31.2 Å². The molecule has 0 saturated heterocycles. The molecule has 0 spiro atoms. The van der Waals surface area contributed by atoms with Crippen LogP contribution in [0.15, 0.2) is 53.6 Å². The molecule has 2 aromatic heterocycles. The lowest BCUT2D eigenvalue weighted by atomic mass is 10.1. The fourth-order valence-corrected chi connectivity index (χ4v) is 2.65. The van der Waals surface area contributed by atoms with E-state index >= 15 is 0 Å². The van der Waals surface area contributed by atoms with Crippen molar-refractivity contribution in [3.8, 4) is 17.1 Å². The number of anilines is 1. The first kappa shape index (κ1) is 21.0. The van der Waals surface area contributed by atoms with E-state index in [0.717, 1.165) is 0 Å². The van der Waals surface area contributed by atoms with Crippen molar-refractivity contribution < 1.29 is 22.7 Å². The summed E-state index contributed by atoms with van der Waals surface area (Å²) >= 11 is 0. The Morgan fingerprint density at radius 1 is 1.23 bits per heavy atom. The smallest absolute Gasteiger partial charge is 0.422 e. The van der Waals surface area contributed by atoms with Crippen molar-refractivity contribution >= 4 is 11.6 Å². The van der Waals surface area contributed by atoms with E-state index in [1.54, 1.807) is 31.5 Å². The zero-order valence-corrected chi connectivity index (χ0v) is 15.8. The topological polar surface area (TPSA) is 97.0 Å². The largest absolute Gasteiger partial charge is 0.484 e. The average molecular weight is 418 g/mol. The van der Waals surface area contributed by atoms with Crippen LogP contribution in [0.1, 0.15) is 11.3 Å². The maximum atomic E-state index is 12.4. The zero-order valence-electron chi connectivity index (χ0n) is 15.8. The minimum Gasteiger partial charge on any atom is -0.484 e. The summed E-state index contributed by atoms with van der Waals surface area (Å²) in [5.74, 6) is -0.224. The van der Waals surface area contributed by atoms with Gasteiger partial charge in [-0.25, -0.2) is 4.98 Å². The molecule has 2 heterocycles. The molecule has 0 unspecified atom stereocenters. The second-order valence-corrected chi connectivity index (χ2v) is 6.38. The van der Waals surface area contributed by atoms with Gasteiger partial charge in [-0.1, -0.05) is 6.07 Å². The molecule has 0 atom stereocenters. The molecule has 3 rings (SSSR count). The first-order chi connectivity index (χ1) is 14.2. The van der Waals surface area contributed by atoms with Gasteiger partial charge in [0.25, 0.3) is 5.56 Å². The number of nitrogens with one attached hydrogen (secondary N) is 2. The Morgan fingerprint density at radius 2 is 2.03 bits per heavy atom. The number of nitrogens with zero attached hydrogens (tertiary/aromatic N) is 2. The van der Waals surface area contributed by atoms with Crippen LogP contribution in [-0.4, -0.2) is 33.6 Å². The normalized spacial score (nSPS) is 11.2. The Morgan fingerprint density at radius 3 is 2.70 bits per heavy atom. The molecule has 1 amide bonds. The van der Waals surface area contributed by atoms with Gasteiger partial charge in [0.2, 0.25) is 5.91 Å². The maximum Gasteiger partial charge on any atom is 0.422 e. The number of carbonyl (C=O) groups excluding carboxylic acids is 1. The summed E-state index contributed by atoms with van der Waals surface area (Å²) in [5.41, 5.74) is 0.983. The maximum absolute atomic E-state index is 12.4. The molecule has 0 aliphatic carbocycles. The SMILES string of the molecule is Cc1nc(-c2cccnc2)[nH]c(=O)c1CC(=O)Nc1cccc(OCC(F)(F)F)c1. The van der Waals surface area contributed by atoms with Crippen molar-refractivity contribution in [2.24, 2.45) is 0 Å². The minimum absolute atomic E-state index is 0.0401. The van der Waals surface area contributed by atoms with E-state index in [1.165, 1.54) is 24.3 Å². The van der Waals surface area contributed by atoms with Crippen LogP contribution in [0.4, 0.5) is 18.9 Å². The lowest BCUT2D eigenvalue weighted by molar-refractivity contribution is -0.153. The van der Waals surface area contributed by atoms with Crippen molar-refractivity contribution in [2.45, 2.75) is 19.5 Å². The number of H-pyrrole nitrogens is 1. The molecule has 0 radical (unpaired) electrons. The van der Waals surface area contributed by atoms with E-state index < -0.39 is 24.2 Å². The fourth-order valence-electron chi connectivity index (χ4n) is 2.65. The fraction of sp³-hybridized carbons (Fsp3) is 0.200. The van der Waals surface area contributed by atoms with Crippen molar-refractivity contribution in [3.63, 3.8) is 0 Å². The highest BCUT2D eigenvalue weighted by Crippen LogP contribution is 2.21. The van der Waals surface area contributed by atoms with Crippen LogP contribution in [0.3, 0.4) is 0 Å². The third-order valence-corrected chi connectivity index (χ3v) is 4.01. The third-order valence-electron chi connectivity index (χ3n) is 4.01. The Labute approximate surface area is 169 Å². The number of alkyl halides is 3. The molecule has 1 aromatic carbocycles. The van der Waals surface area contributed by atoms with Crippen LogP contribution in [0.25, 0.3) is 11.4 Å².